The summed E-state index contributed by atoms with van der Waals surface area (Å²) in [7, 11) is 0. The topological polar surface area (TPSA) is 127 Å². The molecule has 0 bridgehead atoms. The molecule has 1 aromatic heterocycles. The van der Waals surface area contributed by atoms with Gasteiger partial charge in [-0.2, -0.15) is 0 Å². The summed E-state index contributed by atoms with van der Waals surface area (Å²) in [5.74, 6) is -0.149. The van der Waals surface area contributed by atoms with Gasteiger partial charge in [0.2, 0.25) is 11.8 Å². The van der Waals surface area contributed by atoms with Crippen molar-refractivity contribution in [3.8, 4) is 22.8 Å². The first-order valence-corrected chi connectivity index (χ1v) is 9.39. The van der Waals surface area contributed by atoms with Crippen LogP contribution in [0.25, 0.3) is 11.3 Å². The molecule has 1 atom stereocenters. The van der Waals surface area contributed by atoms with Gasteiger partial charge in [-0.3, -0.25) is 14.9 Å². The lowest BCUT2D eigenvalue weighted by Gasteiger charge is -2.15. The van der Waals surface area contributed by atoms with Gasteiger partial charge in [0.05, 0.1) is 18.8 Å². The molecular weight excluding hydrogens is 403 g/mol. The van der Waals surface area contributed by atoms with Crippen LogP contribution >= 0.6 is 0 Å². The van der Waals surface area contributed by atoms with E-state index in [1.54, 1.807) is 42.5 Å². The number of ether oxygens (including phenoxy) is 1. The smallest absolute Gasteiger partial charge is 0.245 e. The number of carbonyl (C=O) groups excluding carboxylic acids is 2. The highest BCUT2D eigenvalue weighted by molar-refractivity contribution is 5.94. The van der Waals surface area contributed by atoms with Gasteiger partial charge in [0.15, 0.2) is 0 Å². The Morgan fingerprint density at radius 1 is 1.03 bits per heavy atom. The minimum Gasteiger partial charge on any atom is -0.457 e. The van der Waals surface area contributed by atoms with Crippen LogP contribution in [0.1, 0.15) is 0 Å². The van der Waals surface area contributed by atoms with Crippen molar-refractivity contribution in [2.45, 2.75) is 6.04 Å². The van der Waals surface area contributed by atoms with E-state index in [-0.39, 0.29) is 18.2 Å². The van der Waals surface area contributed by atoms with Crippen molar-refractivity contribution < 1.29 is 23.8 Å². The number of rotatable bonds is 9. The quantitative estimate of drug-likeness (QED) is 0.417. The van der Waals surface area contributed by atoms with Crippen molar-refractivity contribution in [2.24, 2.45) is 5.73 Å². The number of carbonyl (C=O) groups is 2. The van der Waals surface area contributed by atoms with Gasteiger partial charge in [-0.1, -0.05) is 6.07 Å². The molecule has 1 heterocycles. The van der Waals surface area contributed by atoms with E-state index in [9.17, 15) is 19.1 Å². The maximum absolute atomic E-state index is 13.0. The molecule has 0 spiro atoms. The Labute approximate surface area is 177 Å². The third-order valence-electron chi connectivity index (χ3n) is 4.22. The summed E-state index contributed by atoms with van der Waals surface area (Å²) in [5, 5.41) is 14.5. The molecule has 9 heteroatoms. The van der Waals surface area contributed by atoms with Gasteiger partial charge in [0.25, 0.3) is 0 Å². The van der Waals surface area contributed by atoms with E-state index in [1.807, 2.05) is 0 Å². The van der Waals surface area contributed by atoms with Crippen molar-refractivity contribution in [2.75, 3.05) is 18.5 Å². The molecular formula is C22H21FN4O4. The van der Waals surface area contributed by atoms with Crippen molar-refractivity contribution in [3.63, 3.8) is 0 Å². The highest BCUT2D eigenvalue weighted by Gasteiger charge is 2.18. The molecule has 8 nitrogen and oxygen atoms in total. The second-order valence-electron chi connectivity index (χ2n) is 6.56. The van der Waals surface area contributed by atoms with Gasteiger partial charge in [-0.05, 0) is 60.7 Å². The third kappa shape index (κ3) is 6.33. The third-order valence-corrected chi connectivity index (χ3v) is 4.22. The minimum absolute atomic E-state index is 0.238. The summed E-state index contributed by atoms with van der Waals surface area (Å²) in [6.07, 6.45) is 0. The number of primary amides is 1. The number of nitrogens with zero attached hydrogens (tertiary/aromatic N) is 1. The number of nitrogens with two attached hydrogens (primary N) is 1. The standard InChI is InChI=1S/C22H21FN4O4/c23-15-6-10-17(11-7-15)31-16-8-4-14(5-9-16)18-2-1-3-21(26-18)27-22(30)19(13-28)25-12-20(24)29/h1-11,19,25,28H,12-13H2,(H2,24,29)(H,26,27,30)/t19-/m0/s1. The number of amides is 2. The van der Waals surface area contributed by atoms with E-state index in [0.29, 0.717) is 17.2 Å². The number of pyridine rings is 1. The highest BCUT2D eigenvalue weighted by Crippen LogP contribution is 2.25. The molecule has 2 amide bonds. The van der Waals surface area contributed by atoms with Gasteiger partial charge in [-0.25, -0.2) is 9.37 Å². The molecule has 5 N–H and O–H groups in total. The molecule has 160 valence electrons. The van der Waals surface area contributed by atoms with E-state index in [1.165, 1.54) is 24.3 Å². The van der Waals surface area contributed by atoms with Crippen molar-refractivity contribution in [3.05, 3.63) is 72.5 Å². The van der Waals surface area contributed by atoms with Crippen molar-refractivity contribution in [1.82, 2.24) is 10.3 Å². The zero-order valence-electron chi connectivity index (χ0n) is 16.4. The van der Waals surface area contributed by atoms with E-state index < -0.39 is 24.5 Å². The normalized spacial score (nSPS) is 11.5. The lowest BCUT2D eigenvalue weighted by molar-refractivity contribution is -0.120. The van der Waals surface area contributed by atoms with Crippen LogP contribution < -0.4 is 21.1 Å². The van der Waals surface area contributed by atoms with Crippen LogP contribution in [0.2, 0.25) is 0 Å². The Morgan fingerprint density at radius 2 is 1.68 bits per heavy atom. The number of hydrogen-bond acceptors (Lipinski definition) is 6. The SMILES string of the molecule is NC(=O)CN[C@@H](CO)C(=O)Nc1cccc(-c2ccc(Oc3ccc(F)cc3)cc2)n1. The molecule has 0 unspecified atom stereocenters. The molecule has 2 aromatic carbocycles. The number of aliphatic hydroxyl groups excluding tert-OH is 1. The first kappa shape index (κ1) is 21.9. The van der Waals surface area contributed by atoms with E-state index in [0.717, 1.165) is 5.56 Å². The van der Waals surface area contributed by atoms with Crippen LogP contribution in [0.3, 0.4) is 0 Å². The molecule has 0 saturated heterocycles. The first-order valence-electron chi connectivity index (χ1n) is 9.39. The first-order chi connectivity index (χ1) is 14.9. The Kier molecular flexibility index (Phi) is 7.26. The van der Waals surface area contributed by atoms with Gasteiger partial charge in [0, 0.05) is 5.56 Å². The van der Waals surface area contributed by atoms with Gasteiger partial charge in [-0.15, -0.1) is 0 Å². The van der Waals surface area contributed by atoms with Crippen LogP contribution in [-0.4, -0.2) is 41.1 Å². The summed E-state index contributed by atoms with van der Waals surface area (Å²) in [6.45, 7) is -0.743. The van der Waals surface area contributed by atoms with Crippen molar-refractivity contribution >= 4 is 17.6 Å². The number of aromatic nitrogens is 1. The number of anilines is 1. The van der Waals surface area contributed by atoms with E-state index >= 15 is 0 Å². The lowest BCUT2D eigenvalue weighted by atomic mass is 10.1. The molecule has 0 aliphatic heterocycles. The number of aliphatic hydroxyl groups is 1. The Morgan fingerprint density at radius 3 is 2.29 bits per heavy atom. The predicted octanol–water partition coefficient (Wildman–Crippen LogP) is 2.05. The molecule has 3 rings (SSSR count). The molecule has 0 saturated carbocycles. The average molecular weight is 424 g/mol. The summed E-state index contributed by atoms with van der Waals surface area (Å²) < 4.78 is 18.7. The summed E-state index contributed by atoms with van der Waals surface area (Å²) in [6, 6.07) is 16.9. The lowest BCUT2D eigenvalue weighted by Crippen LogP contribution is -2.46. The minimum atomic E-state index is -0.999. The van der Waals surface area contributed by atoms with Crippen LogP contribution in [-0.2, 0) is 9.59 Å². The molecule has 0 aliphatic rings. The maximum atomic E-state index is 13.0. The number of halogens is 1. The largest absolute Gasteiger partial charge is 0.457 e. The molecule has 0 fully saturated rings. The molecule has 3 aromatic rings. The zero-order chi connectivity index (χ0) is 22.2. The van der Waals surface area contributed by atoms with Gasteiger partial charge in [0.1, 0.15) is 29.2 Å². The Hall–Kier alpha value is -3.82. The fraction of sp³-hybridized carbons (Fsp3) is 0.136. The van der Waals surface area contributed by atoms with Gasteiger partial charge >= 0.3 is 0 Å². The zero-order valence-corrected chi connectivity index (χ0v) is 16.4. The summed E-state index contributed by atoms with van der Waals surface area (Å²) in [4.78, 5) is 27.5. The number of nitrogens with one attached hydrogen (secondary N) is 2. The van der Waals surface area contributed by atoms with Crippen molar-refractivity contribution in [1.29, 1.82) is 0 Å². The Balaban J connectivity index is 1.67. The Bertz CT molecular complexity index is 1040. The van der Waals surface area contributed by atoms with E-state index in [2.05, 4.69) is 15.6 Å². The monoisotopic (exact) mass is 424 g/mol. The van der Waals surface area contributed by atoms with E-state index in [4.69, 9.17) is 10.5 Å². The molecule has 0 aliphatic carbocycles. The fourth-order valence-corrected chi connectivity index (χ4v) is 2.67. The fourth-order valence-electron chi connectivity index (χ4n) is 2.67. The summed E-state index contributed by atoms with van der Waals surface area (Å²) in [5.41, 5.74) is 6.43. The molecule has 0 radical (unpaired) electrons. The second kappa shape index (κ2) is 10.3. The van der Waals surface area contributed by atoms with Crippen LogP contribution in [0, 0.1) is 5.82 Å². The maximum Gasteiger partial charge on any atom is 0.245 e. The number of hydrogen-bond donors (Lipinski definition) is 4. The predicted molar refractivity (Wildman–Crippen MR) is 113 cm³/mol. The van der Waals surface area contributed by atoms with Crippen LogP contribution in [0.15, 0.2) is 66.7 Å². The van der Waals surface area contributed by atoms with Crippen LogP contribution in [0.4, 0.5) is 10.2 Å². The summed E-state index contributed by atoms with van der Waals surface area (Å²) >= 11 is 0. The number of benzene rings is 2. The second-order valence-corrected chi connectivity index (χ2v) is 6.56. The molecule has 31 heavy (non-hydrogen) atoms. The van der Waals surface area contributed by atoms with Crippen LogP contribution in [0.5, 0.6) is 11.5 Å². The highest BCUT2D eigenvalue weighted by atomic mass is 19.1. The average Bonchev–Trinajstić information content (AvgIpc) is 2.76. The van der Waals surface area contributed by atoms with Gasteiger partial charge < -0.3 is 20.9 Å².